The fourth-order valence-corrected chi connectivity index (χ4v) is 10.2. The fraction of sp³-hybridized carbons (Fsp3) is 0.455. The monoisotopic (exact) mass is 556 g/mol. The number of rotatable bonds is 4. The molecule has 0 saturated carbocycles. The molecule has 2 aromatic rings. The molecule has 30 heavy (non-hydrogen) atoms. The van der Waals surface area contributed by atoms with E-state index in [9.17, 15) is 0 Å². The van der Waals surface area contributed by atoms with Crippen molar-refractivity contribution >= 4 is 32.7 Å². The van der Waals surface area contributed by atoms with Gasteiger partial charge >= 0.3 is 187 Å². The fourth-order valence-electron chi connectivity index (χ4n) is 4.39. The van der Waals surface area contributed by atoms with Gasteiger partial charge in [-0.25, -0.2) is 0 Å². The number of hydrogen-bond donors (Lipinski definition) is 1. The predicted octanol–water partition coefficient (Wildman–Crippen LogP) is -1.62. The van der Waals surface area contributed by atoms with Gasteiger partial charge in [-0.05, 0) is 0 Å². The smallest absolute Gasteiger partial charge is 1.00 e. The van der Waals surface area contributed by atoms with Crippen LogP contribution in [0.15, 0.2) is 24.3 Å². The largest absolute Gasteiger partial charge is 1.00 e. The molecule has 2 aliphatic rings. The zero-order valence-corrected chi connectivity index (χ0v) is 24.9. The van der Waals surface area contributed by atoms with E-state index in [2.05, 4.69) is 76.5 Å². The van der Waals surface area contributed by atoms with Crippen LogP contribution in [0.3, 0.4) is 0 Å². The van der Waals surface area contributed by atoms with Crippen LogP contribution in [-0.4, -0.2) is 29.3 Å². The summed E-state index contributed by atoms with van der Waals surface area (Å²) < 4.78 is 13.5. The number of anilines is 1. The number of halogens is 2. The van der Waals surface area contributed by atoms with E-state index in [0.717, 1.165) is 5.75 Å². The summed E-state index contributed by atoms with van der Waals surface area (Å²) in [6.45, 7) is 15.8. The van der Waals surface area contributed by atoms with E-state index >= 15 is 0 Å². The van der Waals surface area contributed by atoms with Crippen molar-refractivity contribution in [2.45, 2.75) is 56.1 Å². The van der Waals surface area contributed by atoms with Crippen LogP contribution in [0.1, 0.15) is 35.5 Å². The molecule has 1 aliphatic carbocycles. The van der Waals surface area contributed by atoms with Gasteiger partial charge in [-0.15, -0.1) is 0 Å². The van der Waals surface area contributed by atoms with E-state index in [0.29, 0.717) is 3.63 Å². The van der Waals surface area contributed by atoms with Gasteiger partial charge in [0.25, 0.3) is 0 Å². The summed E-state index contributed by atoms with van der Waals surface area (Å²) >= 11 is 1.54. The number of nitrogens with one attached hydrogen (secondary N) is 1. The first-order valence-corrected chi connectivity index (χ1v) is 17.2. The van der Waals surface area contributed by atoms with Crippen molar-refractivity contribution in [1.82, 2.24) is 0 Å². The maximum atomic E-state index is 6.83. The van der Waals surface area contributed by atoms with Crippen LogP contribution in [0, 0.1) is 0 Å². The Kier molecular flexibility index (Phi) is 7.28. The number of hydrogen-bond acceptors (Lipinski definition) is 3. The van der Waals surface area contributed by atoms with Gasteiger partial charge in [0.05, 0.1) is 0 Å². The molecule has 0 spiro atoms. The zero-order chi connectivity index (χ0) is 20.6. The third-order valence-corrected chi connectivity index (χ3v) is 11.3. The minimum Gasteiger partial charge on any atom is -1.00 e. The first-order valence-electron chi connectivity index (χ1n) is 9.96. The topological polar surface area (TPSA) is 30.5 Å². The maximum Gasteiger partial charge on any atom is -1.00 e. The molecule has 1 aliphatic heterocycles. The third kappa shape index (κ3) is 4.13. The second-order valence-corrected chi connectivity index (χ2v) is 19.4. The van der Waals surface area contributed by atoms with Crippen LogP contribution >= 0.6 is 0 Å². The molecule has 1 N–H and O–H groups in total. The van der Waals surface area contributed by atoms with Crippen LogP contribution < -0.4 is 44.9 Å². The molecule has 0 aromatic heterocycles. The van der Waals surface area contributed by atoms with E-state index in [1.54, 1.807) is 0 Å². The van der Waals surface area contributed by atoms with Crippen molar-refractivity contribution in [3.8, 4) is 16.9 Å². The van der Waals surface area contributed by atoms with E-state index in [-0.39, 0.29) is 30.4 Å². The Bertz CT molecular complexity index is 989. The van der Waals surface area contributed by atoms with Gasteiger partial charge in [-0.3, -0.25) is 0 Å². The molecule has 8 heteroatoms. The standard InChI is InChI=1S/C22H30NO2Si2.2ClH.Zr/c1-22(2,3)23-18-19(25-26(5,6)7)17-15-12-10-9-11-14(15)13-16(17)20-21(18)27(20,8)24-4;;;/h9-13,23H,1-8H3;2*1H;/q;;;+2/p-2. The molecule has 2 aromatic carbocycles. The number of benzene rings is 2. The summed E-state index contributed by atoms with van der Waals surface area (Å²) in [5.74, 6) is 1.08. The van der Waals surface area contributed by atoms with Crippen LogP contribution in [0.4, 0.5) is 5.69 Å². The van der Waals surface area contributed by atoms with Gasteiger partial charge in [0.2, 0.25) is 0 Å². The van der Waals surface area contributed by atoms with Crippen molar-refractivity contribution in [2.24, 2.45) is 0 Å². The van der Waals surface area contributed by atoms with Crippen LogP contribution in [0.25, 0.3) is 11.1 Å². The quantitative estimate of drug-likeness (QED) is 0.458. The van der Waals surface area contributed by atoms with Crippen molar-refractivity contribution in [2.75, 3.05) is 12.4 Å². The molecular formula is C22H30Cl2NO2Si2Zr. The third-order valence-electron chi connectivity index (χ3n) is 5.53. The molecule has 161 valence electrons. The first kappa shape index (κ1) is 26.2. The Labute approximate surface area is 210 Å². The van der Waals surface area contributed by atoms with Crippen molar-refractivity contribution in [1.29, 1.82) is 0 Å². The molecule has 3 nitrogen and oxygen atoms in total. The Balaban J connectivity index is 0.00000160. The van der Waals surface area contributed by atoms with Gasteiger partial charge in [0.1, 0.15) is 0 Å². The molecule has 0 saturated heterocycles. The summed E-state index contributed by atoms with van der Waals surface area (Å²) in [7, 11) is -1.94. The van der Waals surface area contributed by atoms with E-state index in [1.165, 1.54) is 63.0 Å². The molecule has 0 bridgehead atoms. The summed E-state index contributed by atoms with van der Waals surface area (Å²) in [6, 6.07) is 8.89. The van der Waals surface area contributed by atoms with Crippen LogP contribution in [0.5, 0.6) is 5.75 Å². The predicted molar refractivity (Wildman–Crippen MR) is 119 cm³/mol. The molecule has 1 heterocycles. The van der Waals surface area contributed by atoms with Crippen LogP contribution in [0.2, 0.25) is 26.2 Å². The average molecular weight is 559 g/mol. The Morgan fingerprint density at radius 3 is 2.20 bits per heavy atom. The van der Waals surface area contributed by atoms with Gasteiger partial charge in [0.15, 0.2) is 0 Å². The van der Waals surface area contributed by atoms with Gasteiger partial charge in [-0.2, -0.15) is 0 Å². The average Bonchev–Trinajstić information content (AvgIpc) is 3.08. The molecule has 0 amide bonds. The van der Waals surface area contributed by atoms with Gasteiger partial charge in [0, 0.05) is 0 Å². The minimum absolute atomic E-state index is 0. The Morgan fingerprint density at radius 2 is 1.67 bits per heavy atom. The summed E-state index contributed by atoms with van der Waals surface area (Å²) in [5, 5.41) is 6.76. The summed E-state index contributed by atoms with van der Waals surface area (Å²) in [4.78, 5) is 0. The molecular weight excluding hydrogens is 529 g/mol. The zero-order valence-electron chi connectivity index (χ0n) is 19.0. The Morgan fingerprint density at radius 1 is 1.07 bits per heavy atom. The van der Waals surface area contributed by atoms with E-state index in [4.69, 9.17) is 8.85 Å². The Hall–Kier alpha value is -0.103. The van der Waals surface area contributed by atoms with Gasteiger partial charge < -0.3 is 24.8 Å². The molecule has 0 radical (unpaired) electrons. The molecule has 2 unspecified atom stereocenters. The first-order chi connectivity index (χ1) is 12.9. The normalized spacial score (nSPS) is 20.9. The van der Waals surface area contributed by atoms with Crippen LogP contribution in [-0.2, 0) is 29.1 Å². The van der Waals surface area contributed by atoms with Crippen molar-refractivity contribution in [3.63, 3.8) is 0 Å². The van der Waals surface area contributed by atoms with Crippen molar-refractivity contribution in [3.05, 3.63) is 35.4 Å². The van der Waals surface area contributed by atoms with E-state index in [1.807, 2.05) is 7.11 Å². The molecule has 4 rings (SSSR count). The minimum atomic E-state index is -2.02. The SMILES string of the molecule is CO[Si]1(C)c2c(NC(C)(C)C)c(O[Si](C)(C)C)c3c(c21)[CH]([Zr+2])c1ccccc1-3.[Cl-].[Cl-]. The van der Waals surface area contributed by atoms with Crippen molar-refractivity contribution < 1.29 is 58.4 Å². The number of fused-ring (bicyclic) bond motifs is 5. The molecule has 2 atom stereocenters. The van der Waals surface area contributed by atoms with E-state index < -0.39 is 16.6 Å². The summed E-state index contributed by atoms with van der Waals surface area (Å²) in [6.07, 6.45) is 0. The second-order valence-electron chi connectivity index (χ2n) is 10.1. The second kappa shape index (κ2) is 8.35. The van der Waals surface area contributed by atoms with Gasteiger partial charge in [-0.1, -0.05) is 0 Å². The maximum absolute atomic E-state index is 6.83. The summed E-state index contributed by atoms with van der Waals surface area (Å²) in [5.41, 5.74) is 6.79. The molecule has 0 fully saturated rings.